The monoisotopic (exact) mass is 389 g/mol. The smallest absolute Gasteiger partial charge is 0.0384 e. The second-order valence-electron chi connectivity index (χ2n) is 8.62. The standard InChI is InChI=1S/C14H21N.C9H20.C4H10/c1-5-7-12(4)15-14-9-6-8-13(10-14)11(2)3;1-5-6-7-9(4)8(2)3;1-3-4-2/h6,8-11,15H,4-5,7H2,1-3H3;8-9H,5-7H2,1-4H3;3-4H2,1-2H3. The van der Waals surface area contributed by atoms with Gasteiger partial charge in [-0.2, -0.15) is 0 Å². The maximum absolute atomic E-state index is 4.00. The molecule has 164 valence electrons. The maximum atomic E-state index is 4.00. The average Bonchev–Trinajstić information content (AvgIpc) is 2.67. The molecule has 0 bridgehead atoms. The number of anilines is 1. The van der Waals surface area contributed by atoms with Crippen molar-refractivity contribution in [2.75, 3.05) is 5.32 Å². The van der Waals surface area contributed by atoms with Gasteiger partial charge in [-0.05, 0) is 41.9 Å². The zero-order valence-corrected chi connectivity index (χ0v) is 20.7. The summed E-state index contributed by atoms with van der Waals surface area (Å²) in [5, 5.41) is 3.34. The summed E-state index contributed by atoms with van der Waals surface area (Å²) >= 11 is 0. The molecule has 0 radical (unpaired) electrons. The third kappa shape index (κ3) is 16.9. The second kappa shape index (κ2) is 19.1. The van der Waals surface area contributed by atoms with E-state index in [9.17, 15) is 0 Å². The van der Waals surface area contributed by atoms with Gasteiger partial charge in [-0.1, -0.05) is 120 Å². The average molecular weight is 390 g/mol. The number of rotatable bonds is 10. The molecule has 0 heterocycles. The zero-order valence-electron chi connectivity index (χ0n) is 20.7. The summed E-state index contributed by atoms with van der Waals surface area (Å²) in [4.78, 5) is 0. The summed E-state index contributed by atoms with van der Waals surface area (Å²) in [5.74, 6) is 2.37. The number of unbranched alkanes of at least 4 members (excludes halogenated alkanes) is 2. The number of hydrogen-bond acceptors (Lipinski definition) is 1. The van der Waals surface area contributed by atoms with Crippen molar-refractivity contribution in [3.63, 3.8) is 0 Å². The van der Waals surface area contributed by atoms with Gasteiger partial charge in [0, 0.05) is 11.4 Å². The van der Waals surface area contributed by atoms with E-state index in [-0.39, 0.29) is 0 Å². The Hall–Kier alpha value is -1.24. The van der Waals surface area contributed by atoms with Crippen molar-refractivity contribution >= 4 is 5.69 Å². The van der Waals surface area contributed by atoms with Crippen LogP contribution in [0.1, 0.15) is 119 Å². The van der Waals surface area contributed by atoms with Crippen LogP contribution in [0.25, 0.3) is 0 Å². The lowest BCUT2D eigenvalue weighted by Gasteiger charge is -2.13. The van der Waals surface area contributed by atoms with Crippen LogP contribution >= 0.6 is 0 Å². The highest BCUT2D eigenvalue weighted by molar-refractivity contribution is 5.50. The molecular weight excluding hydrogens is 338 g/mol. The molecule has 0 aliphatic heterocycles. The lowest BCUT2D eigenvalue weighted by molar-refractivity contribution is 0.381. The summed E-state index contributed by atoms with van der Waals surface area (Å²) < 4.78 is 0. The number of nitrogens with one attached hydrogen (secondary N) is 1. The van der Waals surface area contributed by atoms with Crippen LogP contribution in [0.3, 0.4) is 0 Å². The minimum absolute atomic E-state index is 0.575. The molecular formula is C27H51N. The quantitative estimate of drug-likeness (QED) is 0.419. The van der Waals surface area contributed by atoms with Crippen LogP contribution in [0, 0.1) is 11.8 Å². The molecule has 0 saturated carbocycles. The molecule has 28 heavy (non-hydrogen) atoms. The van der Waals surface area contributed by atoms with Crippen molar-refractivity contribution < 1.29 is 0 Å². The SMILES string of the molecule is C=C(CCC)Nc1cccc(C(C)C)c1.CCCC.CCCCC(C)C(C)C. The zero-order chi connectivity index (χ0) is 21.9. The van der Waals surface area contributed by atoms with Crippen molar-refractivity contribution in [3.05, 3.63) is 42.1 Å². The minimum atomic E-state index is 0.575. The Morgan fingerprint density at radius 3 is 1.93 bits per heavy atom. The van der Waals surface area contributed by atoms with Gasteiger partial charge in [-0.15, -0.1) is 0 Å². The minimum Gasteiger partial charge on any atom is -0.359 e. The third-order valence-electron chi connectivity index (χ3n) is 5.08. The van der Waals surface area contributed by atoms with E-state index in [1.165, 1.54) is 37.7 Å². The lowest BCUT2D eigenvalue weighted by atomic mass is 9.93. The fraction of sp³-hybridized carbons (Fsp3) is 0.704. The molecule has 0 saturated heterocycles. The fourth-order valence-electron chi connectivity index (χ4n) is 2.40. The van der Waals surface area contributed by atoms with Crippen LogP contribution in [0.5, 0.6) is 0 Å². The van der Waals surface area contributed by atoms with Gasteiger partial charge in [0.1, 0.15) is 0 Å². The van der Waals surface area contributed by atoms with E-state index < -0.39 is 0 Å². The summed E-state index contributed by atoms with van der Waals surface area (Å²) in [6.45, 7) is 24.2. The van der Waals surface area contributed by atoms with Crippen LogP contribution in [0.4, 0.5) is 5.69 Å². The Bertz CT molecular complexity index is 471. The molecule has 1 N–H and O–H groups in total. The van der Waals surface area contributed by atoms with Gasteiger partial charge in [0.25, 0.3) is 0 Å². The summed E-state index contributed by atoms with van der Waals surface area (Å²) in [6.07, 6.45) is 8.96. The normalized spacial score (nSPS) is 11.2. The topological polar surface area (TPSA) is 12.0 Å². The van der Waals surface area contributed by atoms with Crippen molar-refractivity contribution in [1.29, 1.82) is 0 Å². The van der Waals surface area contributed by atoms with Crippen molar-refractivity contribution in [3.8, 4) is 0 Å². The van der Waals surface area contributed by atoms with E-state index in [0.29, 0.717) is 5.92 Å². The summed E-state index contributed by atoms with van der Waals surface area (Å²) in [5.41, 5.74) is 3.61. The molecule has 0 spiro atoms. The first-order valence-electron chi connectivity index (χ1n) is 11.8. The summed E-state index contributed by atoms with van der Waals surface area (Å²) in [6, 6.07) is 8.55. The van der Waals surface area contributed by atoms with Gasteiger partial charge in [0.15, 0.2) is 0 Å². The Labute approximate surface area is 178 Å². The Morgan fingerprint density at radius 2 is 1.50 bits per heavy atom. The van der Waals surface area contributed by atoms with Gasteiger partial charge in [0.05, 0.1) is 0 Å². The molecule has 1 atom stereocenters. The number of allylic oxidation sites excluding steroid dienone is 1. The van der Waals surface area contributed by atoms with Gasteiger partial charge in [-0.25, -0.2) is 0 Å². The Balaban J connectivity index is 0. The number of hydrogen-bond donors (Lipinski definition) is 1. The van der Waals surface area contributed by atoms with E-state index >= 15 is 0 Å². The van der Waals surface area contributed by atoms with E-state index in [0.717, 1.165) is 36.1 Å². The molecule has 0 aliphatic carbocycles. The molecule has 1 unspecified atom stereocenters. The van der Waals surface area contributed by atoms with E-state index in [1.54, 1.807) is 0 Å². The predicted molar refractivity (Wildman–Crippen MR) is 132 cm³/mol. The fourth-order valence-corrected chi connectivity index (χ4v) is 2.40. The molecule has 1 rings (SSSR count). The predicted octanol–water partition coefficient (Wildman–Crippen LogP) is 9.81. The molecule has 0 amide bonds. The molecule has 0 fully saturated rings. The van der Waals surface area contributed by atoms with Crippen LogP contribution in [-0.4, -0.2) is 0 Å². The van der Waals surface area contributed by atoms with E-state index in [2.05, 4.69) is 98.5 Å². The Morgan fingerprint density at radius 1 is 0.893 bits per heavy atom. The first kappa shape index (κ1) is 29.0. The van der Waals surface area contributed by atoms with Crippen LogP contribution in [0.15, 0.2) is 36.5 Å². The largest absolute Gasteiger partial charge is 0.359 e. The highest BCUT2D eigenvalue weighted by atomic mass is 14.9. The third-order valence-corrected chi connectivity index (χ3v) is 5.08. The van der Waals surface area contributed by atoms with Gasteiger partial charge in [0.2, 0.25) is 0 Å². The highest BCUT2D eigenvalue weighted by Crippen LogP contribution is 2.20. The first-order valence-corrected chi connectivity index (χ1v) is 11.8. The van der Waals surface area contributed by atoms with Gasteiger partial charge >= 0.3 is 0 Å². The maximum Gasteiger partial charge on any atom is 0.0384 e. The summed E-state index contributed by atoms with van der Waals surface area (Å²) in [7, 11) is 0. The van der Waals surface area contributed by atoms with E-state index in [4.69, 9.17) is 0 Å². The van der Waals surface area contributed by atoms with Gasteiger partial charge < -0.3 is 5.32 Å². The van der Waals surface area contributed by atoms with Crippen molar-refractivity contribution in [2.24, 2.45) is 11.8 Å². The second-order valence-corrected chi connectivity index (χ2v) is 8.62. The van der Waals surface area contributed by atoms with Crippen LogP contribution in [-0.2, 0) is 0 Å². The molecule has 1 nitrogen and oxygen atoms in total. The number of benzene rings is 1. The van der Waals surface area contributed by atoms with Crippen LogP contribution < -0.4 is 5.32 Å². The van der Waals surface area contributed by atoms with Crippen molar-refractivity contribution in [2.45, 2.75) is 113 Å². The van der Waals surface area contributed by atoms with Crippen LogP contribution in [0.2, 0.25) is 0 Å². The van der Waals surface area contributed by atoms with Crippen molar-refractivity contribution in [1.82, 2.24) is 0 Å². The highest BCUT2D eigenvalue weighted by Gasteiger charge is 2.04. The molecule has 1 aromatic rings. The molecule has 0 aliphatic rings. The van der Waals surface area contributed by atoms with E-state index in [1.807, 2.05) is 0 Å². The molecule has 1 aromatic carbocycles. The van der Waals surface area contributed by atoms with Gasteiger partial charge in [-0.3, -0.25) is 0 Å². The molecule has 0 aromatic heterocycles. The molecule has 1 heteroatoms. The first-order chi connectivity index (χ1) is 13.2. The Kier molecular flexibility index (Phi) is 19.8. The lowest BCUT2D eigenvalue weighted by Crippen LogP contribution is -2.02.